The fourth-order valence-corrected chi connectivity index (χ4v) is 2.57. The third kappa shape index (κ3) is 4.46. The molecular weight excluding hydrogens is 296 g/mol. The van der Waals surface area contributed by atoms with Gasteiger partial charge in [0.15, 0.2) is 6.61 Å². The molecule has 1 atom stereocenters. The van der Waals surface area contributed by atoms with Crippen LogP contribution in [-0.4, -0.2) is 43.1 Å². The Hall–Kier alpha value is -2.55. The van der Waals surface area contributed by atoms with Crippen LogP contribution in [0, 0.1) is 17.2 Å². The van der Waals surface area contributed by atoms with Gasteiger partial charge in [-0.3, -0.25) is 9.59 Å². The standard InChI is InChI=1S/C17H20N2O4/c1-2-22-17(21)14-7-5-9-19(11-14)16(20)12-23-15-8-4-3-6-13(15)10-18/h3-4,6,8,14H,2,5,7,9,11-12H2,1H3/t14-/m1/s1. The van der Waals surface area contributed by atoms with Gasteiger partial charge in [0.05, 0.1) is 18.1 Å². The van der Waals surface area contributed by atoms with Gasteiger partial charge in [0.2, 0.25) is 0 Å². The third-order valence-corrected chi connectivity index (χ3v) is 3.75. The number of likely N-dealkylation sites (tertiary alicyclic amines) is 1. The van der Waals surface area contributed by atoms with Crippen LogP contribution >= 0.6 is 0 Å². The van der Waals surface area contributed by atoms with Gasteiger partial charge >= 0.3 is 5.97 Å². The first-order valence-electron chi connectivity index (χ1n) is 7.72. The van der Waals surface area contributed by atoms with Gasteiger partial charge in [-0.05, 0) is 31.9 Å². The molecule has 1 amide bonds. The third-order valence-electron chi connectivity index (χ3n) is 3.75. The highest BCUT2D eigenvalue weighted by Gasteiger charge is 2.29. The normalized spacial score (nSPS) is 17.2. The average Bonchev–Trinajstić information content (AvgIpc) is 2.60. The van der Waals surface area contributed by atoms with Gasteiger partial charge in [0, 0.05) is 13.1 Å². The number of para-hydroxylation sites is 1. The summed E-state index contributed by atoms with van der Waals surface area (Å²) in [4.78, 5) is 25.7. The number of esters is 1. The molecule has 0 unspecified atom stereocenters. The van der Waals surface area contributed by atoms with Crippen molar-refractivity contribution in [3.63, 3.8) is 0 Å². The van der Waals surface area contributed by atoms with Gasteiger partial charge in [-0.15, -0.1) is 0 Å². The van der Waals surface area contributed by atoms with Crippen molar-refractivity contribution < 1.29 is 19.1 Å². The molecule has 1 aromatic carbocycles. The van der Waals surface area contributed by atoms with Crippen molar-refractivity contribution in [2.75, 3.05) is 26.3 Å². The molecule has 0 aliphatic carbocycles. The molecule has 6 nitrogen and oxygen atoms in total. The van der Waals surface area contributed by atoms with Gasteiger partial charge in [-0.1, -0.05) is 12.1 Å². The molecule has 1 aliphatic rings. The zero-order valence-corrected chi connectivity index (χ0v) is 13.2. The van der Waals surface area contributed by atoms with E-state index in [4.69, 9.17) is 14.7 Å². The lowest BCUT2D eigenvalue weighted by Crippen LogP contribution is -2.44. The molecule has 1 saturated heterocycles. The summed E-state index contributed by atoms with van der Waals surface area (Å²) in [5.41, 5.74) is 0.392. The lowest BCUT2D eigenvalue weighted by Gasteiger charge is -2.31. The Morgan fingerprint density at radius 3 is 2.91 bits per heavy atom. The Balaban J connectivity index is 1.90. The number of carbonyl (C=O) groups is 2. The number of hydrogen-bond donors (Lipinski definition) is 0. The number of rotatable bonds is 5. The number of nitriles is 1. The molecule has 0 radical (unpaired) electrons. The first-order valence-corrected chi connectivity index (χ1v) is 7.72. The van der Waals surface area contributed by atoms with E-state index in [0.717, 1.165) is 12.8 Å². The monoisotopic (exact) mass is 316 g/mol. The largest absolute Gasteiger partial charge is 0.482 e. The number of benzene rings is 1. The van der Waals surface area contributed by atoms with Crippen molar-refractivity contribution in [3.8, 4) is 11.8 Å². The lowest BCUT2D eigenvalue weighted by molar-refractivity contribution is -0.151. The molecule has 0 bridgehead atoms. The van der Waals surface area contributed by atoms with Crippen molar-refractivity contribution in [3.05, 3.63) is 29.8 Å². The number of carbonyl (C=O) groups excluding carboxylic acids is 2. The summed E-state index contributed by atoms with van der Waals surface area (Å²) in [5, 5.41) is 9.00. The second-order valence-electron chi connectivity index (χ2n) is 5.33. The van der Waals surface area contributed by atoms with E-state index in [-0.39, 0.29) is 24.4 Å². The zero-order valence-electron chi connectivity index (χ0n) is 13.2. The minimum Gasteiger partial charge on any atom is -0.482 e. The Kier molecular flexibility index (Phi) is 5.98. The Morgan fingerprint density at radius 2 is 2.17 bits per heavy atom. The molecule has 0 N–H and O–H groups in total. The average molecular weight is 316 g/mol. The van der Waals surface area contributed by atoms with Gasteiger partial charge in [-0.25, -0.2) is 0 Å². The minimum absolute atomic E-state index is 0.145. The van der Waals surface area contributed by atoms with E-state index < -0.39 is 0 Å². The molecule has 0 aromatic heterocycles. The second kappa shape index (κ2) is 8.18. The van der Waals surface area contributed by atoms with Gasteiger partial charge in [-0.2, -0.15) is 5.26 Å². The molecule has 0 spiro atoms. The molecule has 1 fully saturated rings. The van der Waals surface area contributed by atoms with Crippen LogP contribution in [0.3, 0.4) is 0 Å². The maximum Gasteiger partial charge on any atom is 0.310 e. The molecule has 1 aromatic rings. The van der Waals surface area contributed by atoms with Crippen LogP contribution in [0.15, 0.2) is 24.3 Å². The molecule has 6 heteroatoms. The van der Waals surface area contributed by atoms with Crippen molar-refractivity contribution in [1.29, 1.82) is 5.26 Å². The molecule has 1 heterocycles. The van der Waals surface area contributed by atoms with Gasteiger partial charge in [0.25, 0.3) is 5.91 Å². The van der Waals surface area contributed by atoms with E-state index in [1.807, 2.05) is 6.07 Å². The summed E-state index contributed by atoms with van der Waals surface area (Å²) in [6.07, 6.45) is 1.50. The van der Waals surface area contributed by atoms with Crippen molar-refractivity contribution in [2.24, 2.45) is 5.92 Å². The number of nitrogens with zero attached hydrogens (tertiary/aromatic N) is 2. The highest BCUT2D eigenvalue weighted by atomic mass is 16.5. The summed E-state index contributed by atoms with van der Waals surface area (Å²) in [7, 11) is 0. The van der Waals surface area contributed by atoms with Crippen LogP contribution in [0.2, 0.25) is 0 Å². The van der Waals surface area contributed by atoms with Gasteiger partial charge in [0.1, 0.15) is 11.8 Å². The van der Waals surface area contributed by atoms with Crippen LogP contribution in [-0.2, 0) is 14.3 Å². The first kappa shape index (κ1) is 16.8. The summed E-state index contributed by atoms with van der Waals surface area (Å²) in [6, 6.07) is 8.80. The van der Waals surface area contributed by atoms with Crippen LogP contribution in [0.4, 0.5) is 0 Å². The maximum atomic E-state index is 12.3. The Morgan fingerprint density at radius 1 is 1.39 bits per heavy atom. The summed E-state index contributed by atoms with van der Waals surface area (Å²) in [5.74, 6) is -0.311. The fourth-order valence-electron chi connectivity index (χ4n) is 2.57. The second-order valence-corrected chi connectivity index (χ2v) is 5.33. The molecule has 2 rings (SSSR count). The SMILES string of the molecule is CCOC(=O)[C@@H]1CCCN(C(=O)COc2ccccc2C#N)C1. The van der Waals surface area contributed by atoms with Gasteiger partial charge < -0.3 is 14.4 Å². The van der Waals surface area contributed by atoms with Crippen molar-refractivity contribution in [1.82, 2.24) is 4.90 Å². The molecule has 23 heavy (non-hydrogen) atoms. The van der Waals surface area contributed by atoms with E-state index in [0.29, 0.717) is 31.0 Å². The zero-order chi connectivity index (χ0) is 16.7. The highest BCUT2D eigenvalue weighted by molar-refractivity contribution is 5.79. The number of hydrogen-bond acceptors (Lipinski definition) is 5. The predicted molar refractivity (Wildman–Crippen MR) is 82.6 cm³/mol. The molecule has 1 aliphatic heterocycles. The van der Waals surface area contributed by atoms with Crippen LogP contribution in [0.1, 0.15) is 25.3 Å². The van der Waals surface area contributed by atoms with Crippen LogP contribution in [0.5, 0.6) is 5.75 Å². The summed E-state index contributed by atoms with van der Waals surface area (Å²) in [6.45, 7) is 2.94. The first-order chi connectivity index (χ1) is 11.2. The van der Waals surface area contributed by atoms with Crippen molar-refractivity contribution in [2.45, 2.75) is 19.8 Å². The van der Waals surface area contributed by atoms with Crippen LogP contribution in [0.25, 0.3) is 0 Å². The summed E-state index contributed by atoms with van der Waals surface area (Å²) < 4.78 is 10.5. The Labute approximate surface area is 135 Å². The fraction of sp³-hybridized carbons (Fsp3) is 0.471. The topological polar surface area (TPSA) is 79.6 Å². The molecule has 122 valence electrons. The van der Waals surface area contributed by atoms with E-state index in [1.54, 1.807) is 36.1 Å². The quantitative estimate of drug-likeness (QED) is 0.773. The predicted octanol–water partition coefficient (Wildman–Crippen LogP) is 1.74. The Bertz CT molecular complexity index is 609. The minimum atomic E-state index is -0.265. The smallest absolute Gasteiger partial charge is 0.310 e. The maximum absolute atomic E-state index is 12.3. The molecular formula is C17H20N2O4. The number of amides is 1. The number of ether oxygens (including phenoxy) is 2. The lowest BCUT2D eigenvalue weighted by atomic mass is 9.98. The summed E-state index contributed by atoms with van der Waals surface area (Å²) >= 11 is 0. The highest BCUT2D eigenvalue weighted by Crippen LogP contribution is 2.19. The molecule has 0 saturated carbocycles. The van der Waals surface area contributed by atoms with E-state index in [9.17, 15) is 9.59 Å². The van der Waals surface area contributed by atoms with E-state index >= 15 is 0 Å². The number of piperidine rings is 1. The van der Waals surface area contributed by atoms with E-state index in [1.165, 1.54) is 0 Å². The van der Waals surface area contributed by atoms with Crippen LogP contribution < -0.4 is 4.74 Å². The van der Waals surface area contributed by atoms with E-state index in [2.05, 4.69) is 0 Å². The van der Waals surface area contributed by atoms with Crippen molar-refractivity contribution >= 4 is 11.9 Å².